The summed E-state index contributed by atoms with van der Waals surface area (Å²) < 4.78 is 25.8. The fraction of sp³-hybridized carbons (Fsp3) is 0.400. The third-order valence-corrected chi connectivity index (χ3v) is 3.77. The average molecular weight is 303 g/mol. The van der Waals surface area contributed by atoms with Crippen molar-refractivity contribution in [2.24, 2.45) is 0 Å². The molecule has 110 valence electrons. The molecule has 20 heavy (non-hydrogen) atoms. The lowest BCUT2D eigenvalue weighted by Crippen LogP contribution is -2.25. The maximum absolute atomic E-state index is 11.8. The summed E-state index contributed by atoms with van der Waals surface area (Å²) in [5.41, 5.74) is 0. The number of aliphatic carboxylic acids is 1. The van der Waals surface area contributed by atoms with Crippen LogP contribution in [0.1, 0.15) is 19.3 Å². The van der Waals surface area contributed by atoms with E-state index < -0.39 is 26.7 Å². The van der Waals surface area contributed by atoms with E-state index >= 15 is 0 Å². The average Bonchev–Trinajstić information content (AvgIpc) is 2.38. The number of hydrogen-bond acceptors (Lipinski definition) is 6. The number of nitro groups is 1. The monoisotopic (exact) mass is 303 g/mol. The summed E-state index contributed by atoms with van der Waals surface area (Å²) >= 11 is 0. The highest BCUT2D eigenvalue weighted by atomic mass is 32.2. The number of nitrogens with zero attached hydrogens (tertiary/aromatic N) is 2. The predicted octanol–water partition coefficient (Wildman–Crippen LogP) is 0.523. The summed E-state index contributed by atoms with van der Waals surface area (Å²) in [5, 5.41) is 18.8. The van der Waals surface area contributed by atoms with Gasteiger partial charge in [-0.3, -0.25) is 4.79 Å². The molecule has 9 nitrogen and oxygen atoms in total. The van der Waals surface area contributed by atoms with E-state index in [1.165, 1.54) is 0 Å². The number of aromatic nitrogens is 1. The highest BCUT2D eigenvalue weighted by Crippen LogP contribution is 2.12. The van der Waals surface area contributed by atoms with Crippen molar-refractivity contribution in [1.29, 1.82) is 0 Å². The van der Waals surface area contributed by atoms with Crippen LogP contribution in [0.15, 0.2) is 23.2 Å². The highest BCUT2D eigenvalue weighted by Gasteiger charge is 2.17. The van der Waals surface area contributed by atoms with Gasteiger partial charge >= 0.3 is 11.8 Å². The van der Waals surface area contributed by atoms with E-state index in [1.54, 1.807) is 0 Å². The molecule has 0 bridgehead atoms. The number of pyridine rings is 1. The number of nitrogens with one attached hydrogen (secondary N) is 1. The van der Waals surface area contributed by atoms with Gasteiger partial charge in [0.1, 0.15) is 4.90 Å². The fourth-order valence-corrected chi connectivity index (χ4v) is 2.35. The molecular weight excluding hydrogens is 290 g/mol. The normalized spacial score (nSPS) is 11.2. The highest BCUT2D eigenvalue weighted by molar-refractivity contribution is 7.89. The number of carboxylic acids is 1. The molecule has 2 N–H and O–H groups in total. The summed E-state index contributed by atoms with van der Waals surface area (Å²) in [7, 11) is -3.79. The van der Waals surface area contributed by atoms with E-state index in [9.17, 15) is 23.3 Å². The Balaban J connectivity index is 2.56. The molecule has 0 saturated heterocycles. The molecule has 0 unspecified atom stereocenters. The van der Waals surface area contributed by atoms with E-state index in [4.69, 9.17) is 5.11 Å². The predicted molar refractivity (Wildman–Crippen MR) is 67.6 cm³/mol. The van der Waals surface area contributed by atoms with Crippen molar-refractivity contribution in [2.75, 3.05) is 6.54 Å². The van der Waals surface area contributed by atoms with Crippen LogP contribution in [-0.4, -0.2) is 35.9 Å². The molecule has 0 aliphatic carbocycles. The van der Waals surface area contributed by atoms with Gasteiger partial charge in [-0.25, -0.2) is 13.1 Å². The Labute approximate surface area is 114 Å². The molecule has 0 radical (unpaired) electrons. The topological polar surface area (TPSA) is 140 Å². The summed E-state index contributed by atoms with van der Waals surface area (Å²) in [4.78, 5) is 23.2. The number of carbonyl (C=O) groups is 1. The lowest BCUT2D eigenvalue weighted by molar-refractivity contribution is -0.389. The van der Waals surface area contributed by atoms with Crippen LogP contribution in [0.3, 0.4) is 0 Å². The Morgan fingerprint density at radius 3 is 2.60 bits per heavy atom. The zero-order valence-electron chi connectivity index (χ0n) is 10.4. The molecule has 0 saturated carbocycles. The van der Waals surface area contributed by atoms with E-state index in [0.29, 0.717) is 12.8 Å². The maximum atomic E-state index is 11.8. The van der Waals surface area contributed by atoms with Gasteiger partial charge in [0.25, 0.3) is 0 Å². The number of rotatable bonds is 8. The quantitative estimate of drug-likeness (QED) is 0.405. The van der Waals surface area contributed by atoms with Crippen molar-refractivity contribution in [3.63, 3.8) is 0 Å². The van der Waals surface area contributed by atoms with Crippen molar-refractivity contribution < 1.29 is 23.2 Å². The zero-order valence-corrected chi connectivity index (χ0v) is 11.2. The van der Waals surface area contributed by atoms with Gasteiger partial charge < -0.3 is 15.2 Å². The van der Waals surface area contributed by atoms with Crippen LogP contribution in [0, 0.1) is 10.1 Å². The first-order valence-corrected chi connectivity index (χ1v) is 7.13. The number of hydrogen-bond donors (Lipinski definition) is 2. The molecule has 0 amide bonds. The summed E-state index contributed by atoms with van der Waals surface area (Å²) in [6, 6.07) is 2.09. The Hall–Kier alpha value is -2.07. The van der Waals surface area contributed by atoms with Gasteiger partial charge in [0.15, 0.2) is 6.20 Å². The molecule has 1 aromatic rings. The summed E-state index contributed by atoms with van der Waals surface area (Å²) in [6.45, 7) is 0.0899. The van der Waals surface area contributed by atoms with Crippen molar-refractivity contribution in [3.05, 3.63) is 28.4 Å². The molecule has 0 fully saturated rings. The zero-order chi connectivity index (χ0) is 15.2. The number of sulfonamides is 1. The van der Waals surface area contributed by atoms with Gasteiger partial charge in [0.2, 0.25) is 10.0 Å². The second-order valence-electron chi connectivity index (χ2n) is 3.86. The maximum Gasteiger partial charge on any atom is 0.363 e. The van der Waals surface area contributed by atoms with Crippen LogP contribution in [0.4, 0.5) is 5.82 Å². The minimum Gasteiger partial charge on any atom is -0.481 e. The molecule has 0 spiro atoms. The number of unbranched alkanes of at least 4 members (excludes halogenated alkanes) is 1. The lowest BCUT2D eigenvalue weighted by Gasteiger charge is -2.04. The molecule has 1 rings (SSSR count). The van der Waals surface area contributed by atoms with Gasteiger partial charge in [-0.2, -0.15) is 0 Å². The van der Waals surface area contributed by atoms with Crippen molar-refractivity contribution in [1.82, 2.24) is 9.71 Å². The first-order chi connectivity index (χ1) is 9.33. The number of carboxylic acid groups (broad SMARTS) is 1. The Bertz CT molecular complexity index is 584. The third kappa shape index (κ3) is 4.90. The molecule has 10 heteroatoms. The van der Waals surface area contributed by atoms with Gasteiger partial charge in [-0.15, -0.1) is 0 Å². The second-order valence-corrected chi connectivity index (χ2v) is 5.62. The van der Waals surface area contributed by atoms with Crippen molar-refractivity contribution >= 4 is 21.8 Å². The molecule has 1 heterocycles. The summed E-state index contributed by atoms with van der Waals surface area (Å²) in [5.74, 6) is -1.38. The van der Waals surface area contributed by atoms with Crippen LogP contribution >= 0.6 is 0 Å². The molecule has 0 aromatic carbocycles. The first-order valence-electron chi connectivity index (χ1n) is 5.65. The second kappa shape index (κ2) is 6.91. The van der Waals surface area contributed by atoms with Crippen molar-refractivity contribution in [3.8, 4) is 0 Å². The standard InChI is InChI=1S/C10H13N3O6S/c14-10(15)3-1-2-6-12-20(18,19)8-4-5-9(11-7-8)13(16)17/h4-5,7,12H,1-3,6H2,(H,14,15). The van der Waals surface area contributed by atoms with E-state index in [0.717, 1.165) is 18.3 Å². The molecule has 1 aromatic heterocycles. The van der Waals surface area contributed by atoms with Gasteiger partial charge in [0.05, 0.1) is 0 Å². The van der Waals surface area contributed by atoms with Gasteiger partial charge in [0, 0.05) is 19.0 Å². The van der Waals surface area contributed by atoms with Gasteiger partial charge in [-0.1, -0.05) is 0 Å². The third-order valence-electron chi connectivity index (χ3n) is 2.33. The van der Waals surface area contributed by atoms with Crippen molar-refractivity contribution in [2.45, 2.75) is 24.2 Å². The minimum atomic E-state index is -3.79. The van der Waals surface area contributed by atoms with E-state index in [2.05, 4.69) is 9.71 Å². The lowest BCUT2D eigenvalue weighted by atomic mass is 10.2. The van der Waals surface area contributed by atoms with Crippen LogP contribution < -0.4 is 4.72 Å². The van der Waals surface area contributed by atoms with Crippen LogP contribution in [-0.2, 0) is 14.8 Å². The summed E-state index contributed by atoms with van der Waals surface area (Å²) in [6.07, 6.45) is 1.61. The van der Waals surface area contributed by atoms with Crippen LogP contribution in [0.5, 0.6) is 0 Å². The molecule has 0 aliphatic rings. The Morgan fingerprint density at radius 1 is 1.40 bits per heavy atom. The van der Waals surface area contributed by atoms with Crippen LogP contribution in [0.25, 0.3) is 0 Å². The first kappa shape index (κ1) is 16.0. The fourth-order valence-electron chi connectivity index (χ4n) is 1.33. The molecule has 0 aliphatic heterocycles. The van der Waals surface area contributed by atoms with E-state index in [-0.39, 0.29) is 17.9 Å². The Morgan fingerprint density at radius 2 is 2.10 bits per heavy atom. The van der Waals surface area contributed by atoms with Gasteiger partial charge in [-0.05, 0) is 28.8 Å². The minimum absolute atomic E-state index is 0.0270. The van der Waals surface area contributed by atoms with E-state index in [1.807, 2.05) is 0 Å². The smallest absolute Gasteiger partial charge is 0.363 e. The largest absolute Gasteiger partial charge is 0.481 e. The van der Waals surface area contributed by atoms with Crippen LogP contribution in [0.2, 0.25) is 0 Å². The molecular formula is C10H13N3O6S. The molecule has 0 atom stereocenters. The Kier molecular flexibility index (Phi) is 5.53. The SMILES string of the molecule is O=C(O)CCCCNS(=O)(=O)c1ccc([N+](=O)[O-])nc1.